The van der Waals surface area contributed by atoms with Gasteiger partial charge in [0.25, 0.3) is 0 Å². The first-order valence-electron chi connectivity index (χ1n) is 6.57. The molecule has 0 aliphatic rings. The van der Waals surface area contributed by atoms with Crippen molar-refractivity contribution in [3.8, 4) is 5.75 Å². The van der Waals surface area contributed by atoms with Crippen molar-refractivity contribution >= 4 is 15.9 Å². The second kappa shape index (κ2) is 6.73. The van der Waals surface area contributed by atoms with Gasteiger partial charge in [-0.05, 0) is 68.2 Å². The van der Waals surface area contributed by atoms with Crippen LogP contribution >= 0.6 is 15.9 Å². The zero-order valence-electron chi connectivity index (χ0n) is 12.3. The Morgan fingerprint density at radius 1 is 1.32 bits per heavy atom. The summed E-state index contributed by atoms with van der Waals surface area (Å²) in [5, 5.41) is 12.9. The molecule has 0 fully saturated rings. The summed E-state index contributed by atoms with van der Waals surface area (Å²) in [5.41, 5.74) is 1.29. The highest BCUT2D eigenvalue weighted by Crippen LogP contribution is 2.27. The summed E-state index contributed by atoms with van der Waals surface area (Å²) in [7, 11) is 0. The summed E-state index contributed by atoms with van der Waals surface area (Å²) >= 11 is 3.51. The van der Waals surface area contributed by atoms with Gasteiger partial charge in [0.2, 0.25) is 0 Å². The molecule has 1 rings (SSSR count). The molecule has 0 aliphatic heterocycles. The monoisotopic (exact) mass is 329 g/mol. The van der Waals surface area contributed by atoms with Crippen molar-refractivity contribution in [2.45, 2.75) is 58.9 Å². The van der Waals surface area contributed by atoms with E-state index in [1.807, 2.05) is 25.1 Å². The fraction of sp³-hybridized carbons (Fsp3) is 0.600. The Kier molecular flexibility index (Phi) is 5.83. The minimum atomic E-state index is -0.492. The number of rotatable bonds is 5. The van der Waals surface area contributed by atoms with Gasteiger partial charge in [0.1, 0.15) is 11.9 Å². The van der Waals surface area contributed by atoms with Gasteiger partial charge in [-0.1, -0.05) is 6.07 Å². The van der Waals surface area contributed by atoms with E-state index in [0.717, 1.165) is 16.8 Å². The van der Waals surface area contributed by atoms with E-state index in [4.69, 9.17) is 4.74 Å². The smallest absolute Gasteiger partial charge is 0.134 e. The third-order valence-corrected chi connectivity index (χ3v) is 3.43. The van der Waals surface area contributed by atoms with Crippen molar-refractivity contribution in [1.29, 1.82) is 0 Å². The maximum atomic E-state index is 9.45. The molecule has 0 spiro atoms. The second-order valence-electron chi connectivity index (χ2n) is 5.93. The second-order valence-corrected chi connectivity index (χ2v) is 6.79. The van der Waals surface area contributed by atoms with Crippen LogP contribution in [0.3, 0.4) is 0 Å². The molecule has 0 heterocycles. The maximum absolute atomic E-state index is 9.45. The Morgan fingerprint density at radius 3 is 2.42 bits per heavy atom. The van der Waals surface area contributed by atoms with Crippen molar-refractivity contribution in [3.05, 3.63) is 28.2 Å². The molecule has 4 heteroatoms. The lowest BCUT2D eigenvalue weighted by molar-refractivity contribution is 0.0599. The van der Waals surface area contributed by atoms with Gasteiger partial charge < -0.3 is 15.2 Å². The third-order valence-electron chi connectivity index (χ3n) is 2.81. The van der Waals surface area contributed by atoms with Crippen molar-refractivity contribution < 1.29 is 9.84 Å². The predicted octanol–water partition coefficient (Wildman–Crippen LogP) is 3.49. The molecule has 3 nitrogen and oxygen atoms in total. The van der Waals surface area contributed by atoms with Gasteiger partial charge in [-0.25, -0.2) is 0 Å². The fourth-order valence-electron chi connectivity index (χ4n) is 1.42. The van der Waals surface area contributed by atoms with Gasteiger partial charge in [0.15, 0.2) is 0 Å². The lowest BCUT2D eigenvalue weighted by Gasteiger charge is -2.21. The van der Waals surface area contributed by atoms with Crippen LogP contribution in [0.25, 0.3) is 0 Å². The molecule has 2 N–H and O–H groups in total. The Labute approximate surface area is 124 Å². The number of nitrogens with one attached hydrogen (secondary N) is 1. The molecule has 0 saturated heterocycles. The van der Waals surface area contributed by atoms with Crippen LogP contribution in [0.5, 0.6) is 5.75 Å². The number of aliphatic hydroxyl groups is 1. The van der Waals surface area contributed by atoms with Gasteiger partial charge in [0, 0.05) is 12.1 Å². The molecule has 1 aromatic rings. The molecule has 0 aliphatic carbocycles. The Hall–Kier alpha value is -0.580. The van der Waals surface area contributed by atoms with Crippen LogP contribution in [0, 0.1) is 0 Å². The molecule has 108 valence electrons. The number of benzene rings is 1. The van der Waals surface area contributed by atoms with E-state index in [1.165, 1.54) is 5.56 Å². The Morgan fingerprint density at radius 2 is 1.95 bits per heavy atom. The quantitative estimate of drug-likeness (QED) is 0.868. The number of hydrogen-bond donors (Lipinski definition) is 2. The van der Waals surface area contributed by atoms with Gasteiger partial charge in [-0.3, -0.25) is 0 Å². The van der Waals surface area contributed by atoms with Crippen LogP contribution in [-0.2, 0) is 6.54 Å². The molecule has 0 saturated carbocycles. The van der Waals surface area contributed by atoms with Crippen LogP contribution in [0.1, 0.15) is 40.2 Å². The largest absolute Gasteiger partial charge is 0.487 e. The van der Waals surface area contributed by atoms with Crippen LogP contribution in [0.15, 0.2) is 22.7 Å². The number of ether oxygens (including phenoxy) is 1. The van der Waals surface area contributed by atoms with Crippen molar-refractivity contribution in [1.82, 2.24) is 5.32 Å². The summed E-state index contributed by atoms with van der Waals surface area (Å²) in [6.45, 7) is 10.8. The molecule has 0 amide bonds. The normalized spacial score (nSPS) is 15.1. The summed E-state index contributed by atoms with van der Waals surface area (Å²) < 4.78 is 6.60. The molecule has 2 atom stereocenters. The molecule has 0 radical (unpaired) electrons. The van der Waals surface area contributed by atoms with E-state index in [0.29, 0.717) is 0 Å². The number of aliphatic hydroxyl groups excluding tert-OH is 1. The van der Waals surface area contributed by atoms with Crippen molar-refractivity contribution in [2.24, 2.45) is 0 Å². The van der Waals surface area contributed by atoms with Gasteiger partial charge in [-0.15, -0.1) is 0 Å². The minimum Gasteiger partial charge on any atom is -0.487 e. The van der Waals surface area contributed by atoms with Crippen LogP contribution < -0.4 is 10.1 Å². The van der Waals surface area contributed by atoms with Crippen LogP contribution in [0.4, 0.5) is 0 Å². The van der Waals surface area contributed by atoms with E-state index >= 15 is 0 Å². The molecule has 2 unspecified atom stereocenters. The Bertz CT molecular complexity index is 413. The summed E-state index contributed by atoms with van der Waals surface area (Å²) in [4.78, 5) is 0. The standard InChI is InChI=1S/C15H24BrNO2/c1-10(18)11(2)19-14-7-6-12(8-13(14)16)9-17-15(3,4)5/h6-8,10-11,17-18H,9H2,1-5H3. The van der Waals surface area contributed by atoms with Gasteiger partial charge in [0.05, 0.1) is 10.6 Å². The summed E-state index contributed by atoms with van der Waals surface area (Å²) in [6, 6.07) is 6.01. The zero-order valence-corrected chi connectivity index (χ0v) is 13.9. The first kappa shape index (κ1) is 16.5. The fourth-order valence-corrected chi connectivity index (χ4v) is 1.94. The molecule has 19 heavy (non-hydrogen) atoms. The topological polar surface area (TPSA) is 41.5 Å². The summed E-state index contributed by atoms with van der Waals surface area (Å²) in [6.07, 6.45) is -0.719. The van der Waals surface area contributed by atoms with E-state index in [2.05, 4.69) is 42.0 Å². The minimum absolute atomic E-state index is 0.0997. The predicted molar refractivity (Wildman–Crippen MR) is 82.5 cm³/mol. The lowest BCUT2D eigenvalue weighted by Crippen LogP contribution is -2.35. The molecular weight excluding hydrogens is 306 g/mol. The van der Waals surface area contributed by atoms with E-state index in [1.54, 1.807) is 6.92 Å². The molecule has 0 aromatic heterocycles. The number of halogens is 1. The van der Waals surface area contributed by atoms with Crippen LogP contribution in [0.2, 0.25) is 0 Å². The van der Waals surface area contributed by atoms with Crippen molar-refractivity contribution in [3.63, 3.8) is 0 Å². The molecular formula is C15H24BrNO2. The third kappa shape index (κ3) is 5.93. The highest BCUT2D eigenvalue weighted by atomic mass is 79.9. The molecule has 1 aromatic carbocycles. The van der Waals surface area contributed by atoms with Gasteiger partial charge in [-0.2, -0.15) is 0 Å². The van der Waals surface area contributed by atoms with Gasteiger partial charge >= 0.3 is 0 Å². The number of hydrogen-bond acceptors (Lipinski definition) is 3. The van der Waals surface area contributed by atoms with E-state index < -0.39 is 6.10 Å². The molecule has 0 bridgehead atoms. The Balaban J connectivity index is 2.69. The first-order valence-corrected chi connectivity index (χ1v) is 7.36. The summed E-state index contributed by atoms with van der Waals surface area (Å²) in [5.74, 6) is 0.757. The van der Waals surface area contributed by atoms with Crippen molar-refractivity contribution in [2.75, 3.05) is 0 Å². The van der Waals surface area contributed by atoms with E-state index in [9.17, 15) is 5.11 Å². The van der Waals surface area contributed by atoms with Crippen LogP contribution in [-0.4, -0.2) is 22.9 Å². The maximum Gasteiger partial charge on any atom is 0.134 e. The average molecular weight is 330 g/mol. The lowest BCUT2D eigenvalue weighted by atomic mass is 10.1. The average Bonchev–Trinajstić information content (AvgIpc) is 2.28. The SMILES string of the molecule is CC(O)C(C)Oc1ccc(CNC(C)(C)C)cc1Br. The first-order chi connectivity index (χ1) is 8.69. The highest BCUT2D eigenvalue weighted by Gasteiger charge is 2.13. The zero-order chi connectivity index (χ0) is 14.6. The van der Waals surface area contributed by atoms with E-state index in [-0.39, 0.29) is 11.6 Å². The highest BCUT2D eigenvalue weighted by molar-refractivity contribution is 9.10.